The van der Waals surface area contributed by atoms with E-state index in [1.165, 1.54) is 21.2 Å². The molecule has 0 aliphatic carbocycles. The molecule has 6 rings (SSSR count). The summed E-state index contributed by atoms with van der Waals surface area (Å²) >= 11 is 0. The standard InChI is InChI=1S/C35H31NOP2/c37-35(28-16-6-1-7-17-28)36-26-33(38(29-18-8-2-9-19-29)30-20-10-3-11-21-30)34(27-36)39(31-22-12-4-13-23-31)32-24-14-5-15-25-32/h1-25,33-34H,26-27H2/t33-,34-/m1/s1. The Hall–Kier alpha value is -3.57. The second-order valence-electron chi connectivity index (χ2n) is 9.79. The zero-order valence-electron chi connectivity index (χ0n) is 21.8. The van der Waals surface area contributed by atoms with Crippen molar-refractivity contribution in [2.45, 2.75) is 11.3 Å². The summed E-state index contributed by atoms with van der Waals surface area (Å²) in [6.07, 6.45) is 0. The third-order valence-electron chi connectivity index (χ3n) is 7.37. The Morgan fingerprint density at radius 2 is 0.744 bits per heavy atom. The molecule has 0 unspecified atom stereocenters. The van der Waals surface area contributed by atoms with E-state index >= 15 is 0 Å². The maximum atomic E-state index is 13.9. The number of carbonyl (C=O) groups is 1. The molecule has 1 heterocycles. The van der Waals surface area contributed by atoms with Crippen molar-refractivity contribution in [1.82, 2.24) is 4.90 Å². The van der Waals surface area contributed by atoms with E-state index < -0.39 is 15.8 Å². The molecule has 0 bridgehead atoms. The fourth-order valence-electron chi connectivity index (χ4n) is 5.62. The van der Waals surface area contributed by atoms with Gasteiger partial charge in [-0.15, -0.1) is 0 Å². The van der Waals surface area contributed by atoms with E-state index in [4.69, 9.17) is 0 Å². The van der Waals surface area contributed by atoms with E-state index in [0.717, 1.165) is 18.7 Å². The Morgan fingerprint density at radius 3 is 1.05 bits per heavy atom. The summed E-state index contributed by atoms with van der Waals surface area (Å²) in [4.78, 5) is 16.0. The van der Waals surface area contributed by atoms with Crippen LogP contribution in [0.4, 0.5) is 0 Å². The molecule has 2 atom stereocenters. The normalized spacial score (nSPS) is 17.0. The second-order valence-corrected chi connectivity index (χ2v) is 14.7. The number of benzene rings is 5. The van der Waals surface area contributed by atoms with Crippen LogP contribution in [-0.4, -0.2) is 35.2 Å². The van der Waals surface area contributed by atoms with Crippen LogP contribution >= 0.6 is 15.8 Å². The van der Waals surface area contributed by atoms with Crippen LogP contribution in [0.3, 0.4) is 0 Å². The van der Waals surface area contributed by atoms with Gasteiger partial charge in [0.15, 0.2) is 0 Å². The molecule has 39 heavy (non-hydrogen) atoms. The number of hydrogen-bond acceptors (Lipinski definition) is 1. The van der Waals surface area contributed by atoms with E-state index in [0.29, 0.717) is 11.3 Å². The summed E-state index contributed by atoms with van der Waals surface area (Å²) in [5, 5.41) is 5.50. The fourth-order valence-corrected chi connectivity index (χ4v) is 12.1. The van der Waals surface area contributed by atoms with Crippen molar-refractivity contribution in [2.75, 3.05) is 13.1 Å². The van der Waals surface area contributed by atoms with Crippen molar-refractivity contribution >= 4 is 43.0 Å². The average Bonchev–Trinajstić information content (AvgIpc) is 3.44. The summed E-state index contributed by atoms with van der Waals surface area (Å²) in [7, 11) is -1.40. The quantitative estimate of drug-likeness (QED) is 0.226. The minimum Gasteiger partial charge on any atom is -0.337 e. The predicted molar refractivity (Wildman–Crippen MR) is 168 cm³/mol. The largest absolute Gasteiger partial charge is 0.337 e. The molecule has 1 fully saturated rings. The van der Waals surface area contributed by atoms with Gasteiger partial charge in [-0.3, -0.25) is 4.79 Å². The molecule has 0 saturated carbocycles. The highest BCUT2D eigenvalue weighted by molar-refractivity contribution is 7.77. The van der Waals surface area contributed by atoms with E-state index in [1.54, 1.807) is 0 Å². The van der Waals surface area contributed by atoms with Crippen LogP contribution in [0.2, 0.25) is 0 Å². The van der Waals surface area contributed by atoms with Gasteiger partial charge in [-0.25, -0.2) is 0 Å². The van der Waals surface area contributed by atoms with Crippen molar-refractivity contribution in [3.63, 3.8) is 0 Å². The minimum atomic E-state index is -0.702. The lowest BCUT2D eigenvalue weighted by Gasteiger charge is -2.34. The van der Waals surface area contributed by atoms with Gasteiger partial charge in [-0.2, -0.15) is 0 Å². The lowest BCUT2D eigenvalue weighted by atomic mass is 10.2. The first-order chi connectivity index (χ1) is 19.3. The average molecular weight is 544 g/mol. The second kappa shape index (κ2) is 12.1. The third kappa shape index (κ3) is 5.60. The van der Waals surface area contributed by atoms with Crippen molar-refractivity contribution in [3.8, 4) is 0 Å². The SMILES string of the molecule is O=C(c1ccccc1)N1C[C@@H](P(c2ccccc2)c2ccccc2)[C@H](P(c2ccccc2)c2ccccc2)C1. The Kier molecular flexibility index (Phi) is 7.96. The first kappa shape index (κ1) is 25.7. The minimum absolute atomic E-state index is 0.134. The van der Waals surface area contributed by atoms with Gasteiger partial charge in [0.1, 0.15) is 0 Å². The topological polar surface area (TPSA) is 20.3 Å². The number of amides is 1. The Labute approximate surface area is 233 Å². The van der Waals surface area contributed by atoms with Gasteiger partial charge in [-0.1, -0.05) is 140 Å². The van der Waals surface area contributed by atoms with Crippen molar-refractivity contribution < 1.29 is 4.79 Å². The number of hydrogen-bond donors (Lipinski definition) is 0. The monoisotopic (exact) mass is 543 g/mol. The molecule has 2 nitrogen and oxygen atoms in total. The molecule has 0 radical (unpaired) electrons. The summed E-state index contributed by atoms with van der Waals surface area (Å²) in [5.74, 6) is 0.134. The van der Waals surface area contributed by atoms with Gasteiger partial charge < -0.3 is 4.90 Å². The molecule has 1 saturated heterocycles. The fraction of sp³-hybridized carbons (Fsp3) is 0.114. The molecule has 0 aromatic heterocycles. The first-order valence-corrected chi connectivity index (χ1v) is 16.2. The van der Waals surface area contributed by atoms with Crippen molar-refractivity contribution in [2.24, 2.45) is 0 Å². The summed E-state index contributed by atoms with van der Waals surface area (Å²) in [5.41, 5.74) is 1.41. The molecule has 192 valence electrons. The van der Waals surface area contributed by atoms with E-state index in [1.807, 2.05) is 30.3 Å². The van der Waals surface area contributed by atoms with Crippen molar-refractivity contribution in [1.29, 1.82) is 0 Å². The van der Waals surface area contributed by atoms with Gasteiger partial charge >= 0.3 is 0 Å². The number of likely N-dealkylation sites (tertiary alicyclic amines) is 1. The van der Waals surface area contributed by atoms with E-state index in [2.05, 4.69) is 126 Å². The molecule has 4 heteroatoms. The highest BCUT2D eigenvalue weighted by Gasteiger charge is 2.45. The number of nitrogens with zero attached hydrogens (tertiary/aromatic N) is 1. The van der Waals surface area contributed by atoms with E-state index in [-0.39, 0.29) is 5.91 Å². The van der Waals surface area contributed by atoms with E-state index in [9.17, 15) is 4.79 Å². The number of rotatable bonds is 7. The molecular weight excluding hydrogens is 512 g/mol. The van der Waals surface area contributed by atoms with Crippen LogP contribution in [0.15, 0.2) is 152 Å². The zero-order valence-corrected chi connectivity index (χ0v) is 23.5. The highest BCUT2D eigenvalue weighted by atomic mass is 31.1. The molecule has 1 aliphatic heterocycles. The van der Waals surface area contributed by atoms with Gasteiger partial charge in [0.25, 0.3) is 5.91 Å². The van der Waals surface area contributed by atoms with Crippen LogP contribution < -0.4 is 21.2 Å². The van der Waals surface area contributed by atoms with Crippen LogP contribution in [0.25, 0.3) is 0 Å². The summed E-state index contributed by atoms with van der Waals surface area (Å²) in [6, 6.07) is 53.7. The highest BCUT2D eigenvalue weighted by Crippen LogP contribution is 2.54. The molecule has 0 N–H and O–H groups in total. The van der Waals surface area contributed by atoms with Crippen LogP contribution in [0.1, 0.15) is 10.4 Å². The molecular formula is C35H31NOP2. The van der Waals surface area contributed by atoms with Crippen LogP contribution in [-0.2, 0) is 0 Å². The molecule has 1 amide bonds. The van der Waals surface area contributed by atoms with Crippen LogP contribution in [0, 0.1) is 0 Å². The molecule has 1 aliphatic rings. The maximum absolute atomic E-state index is 13.9. The van der Waals surface area contributed by atoms with Crippen LogP contribution in [0.5, 0.6) is 0 Å². The maximum Gasteiger partial charge on any atom is 0.253 e. The molecule has 5 aromatic rings. The smallest absolute Gasteiger partial charge is 0.253 e. The lowest BCUT2D eigenvalue weighted by molar-refractivity contribution is 0.0793. The van der Waals surface area contributed by atoms with Gasteiger partial charge in [0, 0.05) is 30.0 Å². The predicted octanol–water partition coefficient (Wildman–Crippen LogP) is 6.15. The van der Waals surface area contributed by atoms with Gasteiger partial charge in [-0.05, 0) is 49.2 Å². The lowest BCUT2D eigenvalue weighted by Crippen LogP contribution is -2.34. The Balaban J connectivity index is 1.50. The number of carbonyl (C=O) groups excluding carboxylic acids is 1. The zero-order chi connectivity index (χ0) is 26.4. The van der Waals surface area contributed by atoms with Crippen molar-refractivity contribution in [3.05, 3.63) is 157 Å². The molecule has 0 spiro atoms. The first-order valence-electron chi connectivity index (χ1n) is 13.4. The van der Waals surface area contributed by atoms with Gasteiger partial charge in [0.2, 0.25) is 0 Å². The van der Waals surface area contributed by atoms with Gasteiger partial charge in [0.05, 0.1) is 0 Å². The molecule has 5 aromatic carbocycles. The third-order valence-corrected chi connectivity index (χ3v) is 13.4. The Morgan fingerprint density at radius 1 is 0.462 bits per heavy atom. The summed E-state index contributed by atoms with van der Waals surface area (Å²) in [6.45, 7) is 1.51. The Bertz CT molecular complexity index is 1310. The summed E-state index contributed by atoms with van der Waals surface area (Å²) < 4.78 is 0.